The van der Waals surface area contributed by atoms with Crippen LogP contribution in [0.3, 0.4) is 0 Å². The fourth-order valence-electron chi connectivity index (χ4n) is 1.93. The number of aromatic nitrogens is 4. The molecule has 0 aliphatic heterocycles. The summed E-state index contributed by atoms with van der Waals surface area (Å²) in [6.45, 7) is 2.53. The molecule has 2 aromatic heterocycles. The van der Waals surface area contributed by atoms with E-state index in [9.17, 15) is 8.42 Å². The van der Waals surface area contributed by atoms with Crippen LogP contribution in [0.2, 0.25) is 0 Å². The van der Waals surface area contributed by atoms with E-state index < -0.39 is 9.84 Å². The first-order valence-electron chi connectivity index (χ1n) is 6.08. The number of tetrazole rings is 1. The monoisotopic (exact) mass is 298 g/mol. The number of rotatable bonds is 5. The van der Waals surface area contributed by atoms with Crippen molar-refractivity contribution in [1.29, 1.82) is 0 Å². The van der Waals surface area contributed by atoms with E-state index in [2.05, 4.69) is 15.5 Å². The summed E-state index contributed by atoms with van der Waals surface area (Å²) in [5, 5.41) is 13.1. The van der Waals surface area contributed by atoms with Crippen molar-refractivity contribution in [1.82, 2.24) is 20.2 Å². The highest BCUT2D eigenvalue weighted by Crippen LogP contribution is 2.31. The Kier molecular flexibility index (Phi) is 3.14. The lowest BCUT2D eigenvalue weighted by atomic mass is 10.4. The molecule has 0 saturated heterocycles. The Hall–Kier alpha value is -1.28. The summed E-state index contributed by atoms with van der Waals surface area (Å²) >= 11 is 1.24. The minimum atomic E-state index is -3.35. The number of hydrogen-bond acceptors (Lipinski definition) is 6. The smallest absolute Gasteiger partial charge is 0.195 e. The first-order chi connectivity index (χ1) is 9.06. The molecule has 0 N–H and O–H groups in total. The standard InChI is InChI=1S/C11H14N4O2S2/c1-8-4-5-18-11(8)19(16,17)7-10-12-13-14-15(10)6-9-2-3-9/h4-5,9H,2-3,6-7H2,1H3. The van der Waals surface area contributed by atoms with Crippen LogP contribution >= 0.6 is 11.3 Å². The Bertz CT molecular complexity index is 685. The second-order valence-electron chi connectivity index (χ2n) is 4.87. The first-order valence-corrected chi connectivity index (χ1v) is 8.61. The van der Waals surface area contributed by atoms with Gasteiger partial charge in [0.05, 0.1) is 0 Å². The maximum atomic E-state index is 12.3. The van der Waals surface area contributed by atoms with Gasteiger partial charge in [0.25, 0.3) is 0 Å². The Morgan fingerprint density at radius 2 is 2.26 bits per heavy atom. The summed E-state index contributed by atoms with van der Waals surface area (Å²) in [5.74, 6) is 0.904. The average Bonchev–Trinajstić information content (AvgIpc) is 2.88. The van der Waals surface area contributed by atoms with Crippen molar-refractivity contribution < 1.29 is 8.42 Å². The van der Waals surface area contributed by atoms with Gasteiger partial charge >= 0.3 is 0 Å². The van der Waals surface area contributed by atoms with E-state index in [1.165, 1.54) is 24.2 Å². The van der Waals surface area contributed by atoms with E-state index in [4.69, 9.17) is 0 Å². The van der Waals surface area contributed by atoms with E-state index in [0.29, 0.717) is 16.0 Å². The highest BCUT2D eigenvalue weighted by molar-refractivity contribution is 7.92. The molecule has 1 saturated carbocycles. The Balaban J connectivity index is 1.84. The van der Waals surface area contributed by atoms with E-state index >= 15 is 0 Å². The second kappa shape index (κ2) is 4.68. The molecule has 0 atom stereocenters. The zero-order valence-electron chi connectivity index (χ0n) is 10.5. The summed E-state index contributed by atoms with van der Waals surface area (Å²) in [6.07, 6.45) is 2.35. The lowest BCUT2D eigenvalue weighted by Crippen LogP contribution is -2.13. The number of thiophene rings is 1. The Labute approximate surface area is 115 Å². The van der Waals surface area contributed by atoms with Crippen LogP contribution in [-0.2, 0) is 22.1 Å². The zero-order chi connectivity index (χ0) is 13.5. The molecule has 0 aromatic carbocycles. The summed E-state index contributed by atoms with van der Waals surface area (Å²) in [6, 6.07) is 1.81. The van der Waals surface area contributed by atoms with E-state index in [-0.39, 0.29) is 5.75 Å². The van der Waals surface area contributed by atoms with Crippen molar-refractivity contribution in [3.05, 3.63) is 22.8 Å². The minimum absolute atomic E-state index is 0.131. The van der Waals surface area contributed by atoms with Crippen LogP contribution in [0.15, 0.2) is 15.7 Å². The van der Waals surface area contributed by atoms with Crippen molar-refractivity contribution in [3.63, 3.8) is 0 Å². The van der Waals surface area contributed by atoms with Gasteiger partial charge in [0.2, 0.25) is 0 Å². The number of sulfone groups is 1. The van der Waals surface area contributed by atoms with E-state index in [1.54, 1.807) is 17.0 Å². The van der Waals surface area contributed by atoms with Crippen LogP contribution in [-0.4, -0.2) is 28.6 Å². The van der Waals surface area contributed by atoms with Crippen LogP contribution in [0.25, 0.3) is 0 Å². The van der Waals surface area contributed by atoms with Gasteiger partial charge in [-0.05, 0) is 53.1 Å². The number of aryl methyl sites for hydroxylation is 1. The van der Waals surface area contributed by atoms with Gasteiger partial charge < -0.3 is 0 Å². The maximum Gasteiger partial charge on any atom is 0.195 e. The fraction of sp³-hybridized carbons (Fsp3) is 0.545. The summed E-state index contributed by atoms with van der Waals surface area (Å²) in [7, 11) is -3.35. The molecule has 0 bridgehead atoms. The molecule has 2 heterocycles. The normalized spacial score (nSPS) is 15.8. The van der Waals surface area contributed by atoms with Gasteiger partial charge in [0.15, 0.2) is 15.7 Å². The third-order valence-electron chi connectivity index (χ3n) is 3.15. The van der Waals surface area contributed by atoms with Crippen molar-refractivity contribution >= 4 is 21.2 Å². The van der Waals surface area contributed by atoms with E-state index in [1.807, 2.05) is 6.07 Å². The summed E-state index contributed by atoms with van der Waals surface area (Å²) in [5.41, 5.74) is 0.784. The van der Waals surface area contributed by atoms with Gasteiger partial charge in [-0.15, -0.1) is 16.4 Å². The van der Waals surface area contributed by atoms with Gasteiger partial charge in [0.1, 0.15) is 9.96 Å². The lowest BCUT2D eigenvalue weighted by molar-refractivity contribution is 0.527. The average molecular weight is 298 g/mol. The van der Waals surface area contributed by atoms with Crippen LogP contribution in [0, 0.1) is 12.8 Å². The molecule has 19 heavy (non-hydrogen) atoms. The molecule has 102 valence electrons. The third-order valence-corrected chi connectivity index (χ3v) is 6.53. The second-order valence-corrected chi connectivity index (χ2v) is 7.97. The van der Waals surface area contributed by atoms with Crippen molar-refractivity contribution in [3.8, 4) is 0 Å². The molecule has 3 rings (SSSR count). The highest BCUT2D eigenvalue weighted by atomic mass is 32.2. The Morgan fingerprint density at radius 3 is 2.89 bits per heavy atom. The molecule has 0 spiro atoms. The van der Waals surface area contributed by atoms with Crippen LogP contribution in [0.5, 0.6) is 0 Å². The lowest BCUT2D eigenvalue weighted by Gasteiger charge is -2.04. The first kappa shape index (κ1) is 12.7. The fourth-order valence-corrected chi connectivity index (χ4v) is 4.74. The number of hydrogen-bond donors (Lipinski definition) is 0. The topological polar surface area (TPSA) is 77.7 Å². The summed E-state index contributed by atoms with van der Waals surface area (Å²) < 4.78 is 26.7. The van der Waals surface area contributed by atoms with Gasteiger partial charge in [-0.1, -0.05) is 0 Å². The van der Waals surface area contributed by atoms with Crippen LogP contribution in [0.1, 0.15) is 24.2 Å². The number of nitrogens with zero attached hydrogens (tertiary/aromatic N) is 4. The highest BCUT2D eigenvalue weighted by Gasteiger charge is 2.26. The quantitative estimate of drug-likeness (QED) is 0.834. The van der Waals surface area contributed by atoms with Gasteiger partial charge in [0, 0.05) is 6.54 Å². The van der Waals surface area contributed by atoms with Crippen LogP contribution in [0.4, 0.5) is 0 Å². The molecule has 0 unspecified atom stereocenters. The van der Waals surface area contributed by atoms with Crippen molar-refractivity contribution in [2.75, 3.05) is 0 Å². The Morgan fingerprint density at radius 1 is 1.47 bits per heavy atom. The van der Waals surface area contributed by atoms with E-state index in [0.717, 1.165) is 12.1 Å². The molecular formula is C11H14N4O2S2. The SMILES string of the molecule is Cc1ccsc1S(=O)(=O)Cc1nnnn1CC1CC1. The van der Waals surface area contributed by atoms with Gasteiger partial charge in [-0.25, -0.2) is 13.1 Å². The van der Waals surface area contributed by atoms with Gasteiger partial charge in [-0.3, -0.25) is 0 Å². The third kappa shape index (κ3) is 2.69. The minimum Gasteiger partial charge on any atom is -0.228 e. The van der Waals surface area contributed by atoms with Crippen LogP contribution < -0.4 is 0 Å². The van der Waals surface area contributed by atoms with Crippen molar-refractivity contribution in [2.24, 2.45) is 5.92 Å². The molecule has 0 radical (unpaired) electrons. The molecule has 1 aliphatic carbocycles. The molecule has 2 aromatic rings. The largest absolute Gasteiger partial charge is 0.228 e. The van der Waals surface area contributed by atoms with Crippen molar-refractivity contribution in [2.45, 2.75) is 36.3 Å². The molecule has 6 nitrogen and oxygen atoms in total. The van der Waals surface area contributed by atoms with Gasteiger partial charge in [-0.2, -0.15) is 0 Å². The molecule has 0 amide bonds. The molecule has 1 fully saturated rings. The zero-order valence-corrected chi connectivity index (χ0v) is 12.1. The molecule has 1 aliphatic rings. The molecule has 8 heteroatoms. The predicted octanol–water partition coefficient (Wildman–Crippen LogP) is 1.43. The summed E-state index contributed by atoms with van der Waals surface area (Å²) in [4.78, 5) is 0. The molecular weight excluding hydrogens is 284 g/mol. The maximum absolute atomic E-state index is 12.3. The predicted molar refractivity (Wildman–Crippen MR) is 70.5 cm³/mol.